The van der Waals surface area contributed by atoms with Crippen molar-refractivity contribution in [3.63, 3.8) is 0 Å². The van der Waals surface area contributed by atoms with Crippen LogP contribution in [0.25, 0.3) is 21.9 Å². The summed E-state index contributed by atoms with van der Waals surface area (Å²) in [7, 11) is 0. The Labute approximate surface area is 114 Å². The van der Waals surface area contributed by atoms with Crippen LogP contribution < -0.4 is 0 Å². The van der Waals surface area contributed by atoms with Crippen molar-refractivity contribution in [1.29, 1.82) is 0 Å². The minimum absolute atomic E-state index is 0. The fraction of sp³-hybridized carbons (Fsp3) is 0. The maximum atomic E-state index is 2.19. The molecule has 0 unspecified atom stereocenters. The van der Waals surface area contributed by atoms with Crippen LogP contribution in [0.15, 0.2) is 66.7 Å². The van der Waals surface area contributed by atoms with Crippen molar-refractivity contribution in [2.45, 2.75) is 0 Å². The van der Waals surface area contributed by atoms with E-state index in [4.69, 9.17) is 0 Å². The molecule has 0 aliphatic rings. The summed E-state index contributed by atoms with van der Waals surface area (Å²) >= 11 is 0. The molecule has 76 valence electrons. The van der Waals surface area contributed by atoms with Gasteiger partial charge in [0.15, 0.2) is 0 Å². The Morgan fingerprint density at radius 1 is 0.750 bits per heavy atom. The van der Waals surface area contributed by atoms with Gasteiger partial charge in [0.25, 0.3) is 0 Å². The first kappa shape index (κ1) is 11.4. The third-order valence-electron chi connectivity index (χ3n) is 2.77. The minimum atomic E-state index is 0. The first-order valence-electron chi connectivity index (χ1n) is 5.15. The van der Waals surface area contributed by atoms with Gasteiger partial charge < -0.3 is 0 Å². The molecule has 3 rings (SSSR count). The first-order valence-corrected chi connectivity index (χ1v) is 5.15. The summed E-state index contributed by atoms with van der Waals surface area (Å²) in [5.74, 6) is 0. The smallest absolute Gasteiger partial charge is 0 e. The van der Waals surface area contributed by atoms with Crippen molar-refractivity contribution in [1.82, 2.24) is 0 Å². The van der Waals surface area contributed by atoms with Crippen molar-refractivity contribution < 1.29 is 26.2 Å². The van der Waals surface area contributed by atoms with E-state index in [0.29, 0.717) is 0 Å². The van der Waals surface area contributed by atoms with Gasteiger partial charge in [-0.1, -0.05) is 42.0 Å². The van der Waals surface area contributed by atoms with E-state index < -0.39 is 0 Å². The summed E-state index contributed by atoms with van der Waals surface area (Å²) in [6.07, 6.45) is 0. The molecule has 0 spiro atoms. The second-order valence-electron chi connectivity index (χ2n) is 3.70. The average molecular weight is 282 g/mol. The second-order valence-corrected chi connectivity index (χ2v) is 3.70. The van der Waals surface area contributed by atoms with Gasteiger partial charge in [0.1, 0.15) is 0 Å². The zero-order valence-corrected chi connectivity index (χ0v) is 11.3. The van der Waals surface area contributed by atoms with Gasteiger partial charge in [-0.05, 0) is 0 Å². The van der Waals surface area contributed by atoms with Crippen LogP contribution in [0.1, 0.15) is 0 Å². The summed E-state index contributed by atoms with van der Waals surface area (Å²) in [5, 5.41) is 2.65. The third kappa shape index (κ3) is 1.92. The summed E-state index contributed by atoms with van der Waals surface area (Å²) in [5.41, 5.74) is 2.62. The number of hydrogen-bond acceptors (Lipinski definition) is 0. The monoisotopic (exact) mass is 281 g/mol. The fourth-order valence-corrected chi connectivity index (χ4v) is 2.02. The van der Waals surface area contributed by atoms with Gasteiger partial charge in [-0.3, -0.25) is 0 Å². The van der Waals surface area contributed by atoms with Crippen LogP contribution in [0.2, 0.25) is 0 Å². The van der Waals surface area contributed by atoms with Gasteiger partial charge in [0, 0.05) is 26.2 Å². The van der Waals surface area contributed by atoms with E-state index in [2.05, 4.69) is 66.7 Å². The van der Waals surface area contributed by atoms with E-state index in [-0.39, 0.29) is 26.2 Å². The molecular weight excluding hydrogens is 271 g/mol. The quantitative estimate of drug-likeness (QED) is 0.586. The fourth-order valence-electron chi connectivity index (χ4n) is 2.02. The Morgan fingerprint density at radius 3 is 2.25 bits per heavy atom. The molecule has 0 radical (unpaired) electrons. The molecule has 0 saturated heterocycles. The van der Waals surface area contributed by atoms with Crippen molar-refractivity contribution >= 4 is 10.8 Å². The zero-order chi connectivity index (χ0) is 10.1. The van der Waals surface area contributed by atoms with Crippen LogP contribution in [-0.4, -0.2) is 0 Å². The number of hydrogen-bond donors (Lipinski definition) is 0. The van der Waals surface area contributed by atoms with Gasteiger partial charge in [0.05, 0.1) is 0 Å². The molecule has 0 N–H and O–H groups in total. The summed E-state index contributed by atoms with van der Waals surface area (Å²) in [6.45, 7) is 0. The predicted octanol–water partition coefficient (Wildman–Crippen LogP) is 4.22. The molecular formula is C15H11Zr-. The molecule has 1 heteroatoms. The van der Waals surface area contributed by atoms with Crippen molar-refractivity contribution in [2.75, 3.05) is 0 Å². The molecule has 0 amide bonds. The molecule has 0 atom stereocenters. The third-order valence-corrected chi connectivity index (χ3v) is 2.77. The topological polar surface area (TPSA) is 0 Å². The normalized spacial score (nSPS) is 10.0. The molecule has 0 heterocycles. The van der Waals surface area contributed by atoms with E-state index in [1.165, 1.54) is 21.9 Å². The van der Waals surface area contributed by atoms with Crippen molar-refractivity contribution in [2.24, 2.45) is 0 Å². The van der Waals surface area contributed by atoms with Crippen LogP contribution >= 0.6 is 0 Å². The average Bonchev–Trinajstić information content (AvgIpc) is 2.74. The van der Waals surface area contributed by atoms with E-state index in [0.717, 1.165) is 0 Å². The summed E-state index contributed by atoms with van der Waals surface area (Å²) in [4.78, 5) is 0. The Balaban J connectivity index is 0.000000963. The van der Waals surface area contributed by atoms with Crippen molar-refractivity contribution in [3.05, 3.63) is 66.7 Å². The zero-order valence-electron chi connectivity index (χ0n) is 8.85. The van der Waals surface area contributed by atoms with E-state index in [1.54, 1.807) is 0 Å². The van der Waals surface area contributed by atoms with E-state index >= 15 is 0 Å². The maximum Gasteiger partial charge on any atom is 0 e. The van der Waals surface area contributed by atoms with Gasteiger partial charge in [-0.25, -0.2) is 0 Å². The molecule has 0 nitrogen and oxygen atoms in total. The van der Waals surface area contributed by atoms with Gasteiger partial charge in [-0.15, -0.1) is 46.7 Å². The summed E-state index contributed by atoms with van der Waals surface area (Å²) in [6, 6.07) is 23.4. The number of rotatable bonds is 1. The SMILES string of the molecule is [Zr].c1ccc(-c2c[cH-]c3ccccc23)cc1. The van der Waals surface area contributed by atoms with Crippen LogP contribution in [0.3, 0.4) is 0 Å². The Bertz CT molecular complexity index is 578. The molecule has 0 saturated carbocycles. The first-order chi connectivity index (χ1) is 7.45. The van der Waals surface area contributed by atoms with Crippen molar-refractivity contribution in [3.8, 4) is 11.1 Å². The van der Waals surface area contributed by atoms with Gasteiger partial charge in [-0.2, -0.15) is 0 Å². The molecule has 0 bridgehead atoms. The molecule has 0 aromatic heterocycles. The molecule has 0 aliphatic heterocycles. The molecule has 0 fully saturated rings. The molecule has 16 heavy (non-hydrogen) atoms. The largest absolute Gasteiger partial charge is 0.150 e. The molecule has 3 aromatic rings. The van der Waals surface area contributed by atoms with E-state index in [1.807, 2.05) is 0 Å². The van der Waals surface area contributed by atoms with E-state index in [9.17, 15) is 0 Å². The summed E-state index contributed by atoms with van der Waals surface area (Å²) < 4.78 is 0. The second kappa shape index (κ2) is 4.84. The Morgan fingerprint density at radius 2 is 1.44 bits per heavy atom. The molecule has 0 aliphatic carbocycles. The van der Waals surface area contributed by atoms with Crippen LogP contribution in [-0.2, 0) is 26.2 Å². The van der Waals surface area contributed by atoms with Crippen LogP contribution in [0, 0.1) is 0 Å². The Hall–Kier alpha value is -1.07. The molecule has 3 aromatic carbocycles. The minimum Gasteiger partial charge on any atom is -0.150 e. The number of benzene rings is 2. The maximum absolute atomic E-state index is 2.19. The number of fused-ring (bicyclic) bond motifs is 1. The Kier molecular flexibility index (Phi) is 3.46. The standard InChI is InChI=1S/C15H11.Zr/c1-2-6-12(7-3-1)15-11-10-13-8-4-5-9-14(13)15;/h1-11H;/q-1;. The van der Waals surface area contributed by atoms with Crippen LogP contribution in [0.5, 0.6) is 0 Å². The van der Waals surface area contributed by atoms with Gasteiger partial charge in [0.2, 0.25) is 0 Å². The van der Waals surface area contributed by atoms with Gasteiger partial charge >= 0.3 is 0 Å². The van der Waals surface area contributed by atoms with Crippen LogP contribution in [0.4, 0.5) is 0 Å². The predicted molar refractivity (Wildman–Crippen MR) is 65.0 cm³/mol.